The number of esters is 1. The number of methoxy groups -OCH3 is 1. The molecule has 1 aliphatic heterocycles. The summed E-state index contributed by atoms with van der Waals surface area (Å²) < 4.78 is 10.1. The number of aliphatic imine (C=N–C) groups is 1. The van der Waals surface area contributed by atoms with Crippen LogP contribution in [0.2, 0.25) is 0 Å². The molecule has 0 amide bonds. The number of nitrogens with one attached hydrogen (secondary N) is 1. The zero-order valence-corrected chi connectivity index (χ0v) is 13.6. The number of nitrogens with zero attached hydrogens (tertiary/aromatic N) is 2. The van der Waals surface area contributed by atoms with Gasteiger partial charge in [0.1, 0.15) is 0 Å². The van der Waals surface area contributed by atoms with Gasteiger partial charge in [-0.15, -0.1) is 0 Å². The summed E-state index contributed by atoms with van der Waals surface area (Å²) in [5.41, 5.74) is 0. The van der Waals surface area contributed by atoms with E-state index in [-0.39, 0.29) is 11.9 Å². The predicted molar refractivity (Wildman–Crippen MR) is 83.4 cm³/mol. The molecule has 1 N–H and O–H groups in total. The summed E-state index contributed by atoms with van der Waals surface area (Å²) in [4.78, 5) is 18.6. The van der Waals surface area contributed by atoms with Gasteiger partial charge in [-0.25, -0.2) is 0 Å². The molecular formula is C15H29N3O3. The van der Waals surface area contributed by atoms with Crippen LogP contribution < -0.4 is 5.32 Å². The van der Waals surface area contributed by atoms with Gasteiger partial charge in [0.2, 0.25) is 0 Å². The highest BCUT2D eigenvalue weighted by atomic mass is 16.5. The number of hydrogen-bond acceptors (Lipinski definition) is 4. The smallest absolute Gasteiger partial charge is 0.309 e. The van der Waals surface area contributed by atoms with Gasteiger partial charge in [-0.05, 0) is 33.1 Å². The van der Waals surface area contributed by atoms with Crippen molar-refractivity contribution in [1.29, 1.82) is 0 Å². The van der Waals surface area contributed by atoms with E-state index in [0.29, 0.717) is 6.61 Å². The van der Waals surface area contributed by atoms with Crippen molar-refractivity contribution in [3.05, 3.63) is 0 Å². The highest BCUT2D eigenvalue weighted by Gasteiger charge is 2.27. The van der Waals surface area contributed by atoms with Gasteiger partial charge in [0.15, 0.2) is 5.96 Å². The summed E-state index contributed by atoms with van der Waals surface area (Å²) in [7, 11) is 1.70. The molecule has 0 atom stereocenters. The van der Waals surface area contributed by atoms with Gasteiger partial charge in [0.05, 0.1) is 12.5 Å². The largest absolute Gasteiger partial charge is 0.466 e. The zero-order chi connectivity index (χ0) is 15.5. The number of likely N-dealkylation sites (tertiary alicyclic amines) is 1. The second-order valence-corrected chi connectivity index (χ2v) is 5.10. The van der Waals surface area contributed by atoms with Gasteiger partial charge >= 0.3 is 5.97 Å². The van der Waals surface area contributed by atoms with Gasteiger partial charge in [-0.2, -0.15) is 0 Å². The Morgan fingerprint density at radius 1 is 1.33 bits per heavy atom. The van der Waals surface area contributed by atoms with E-state index in [4.69, 9.17) is 9.47 Å². The lowest BCUT2D eigenvalue weighted by molar-refractivity contribution is -0.149. The summed E-state index contributed by atoms with van der Waals surface area (Å²) in [5, 5.41) is 3.32. The third-order valence-electron chi connectivity index (χ3n) is 3.52. The molecule has 122 valence electrons. The Morgan fingerprint density at radius 3 is 2.62 bits per heavy atom. The minimum atomic E-state index is -0.0563. The molecule has 21 heavy (non-hydrogen) atoms. The molecule has 0 aromatic rings. The lowest BCUT2D eigenvalue weighted by atomic mass is 9.97. The summed E-state index contributed by atoms with van der Waals surface area (Å²) in [6.07, 6.45) is 2.59. The Kier molecular flexibility index (Phi) is 8.82. The third-order valence-corrected chi connectivity index (χ3v) is 3.52. The summed E-state index contributed by atoms with van der Waals surface area (Å²) in [6, 6.07) is 0. The molecule has 1 saturated heterocycles. The molecule has 0 unspecified atom stereocenters. The van der Waals surface area contributed by atoms with Gasteiger partial charge in [0.25, 0.3) is 0 Å². The lowest BCUT2D eigenvalue weighted by Crippen LogP contribution is -2.46. The van der Waals surface area contributed by atoms with Crippen molar-refractivity contribution in [2.24, 2.45) is 10.9 Å². The summed E-state index contributed by atoms with van der Waals surface area (Å²) >= 11 is 0. The molecule has 1 heterocycles. The van der Waals surface area contributed by atoms with E-state index in [9.17, 15) is 4.79 Å². The van der Waals surface area contributed by atoms with E-state index in [0.717, 1.165) is 58.0 Å². The summed E-state index contributed by atoms with van der Waals surface area (Å²) in [5.74, 6) is 0.924. The van der Waals surface area contributed by atoms with Crippen molar-refractivity contribution in [2.75, 3.05) is 46.5 Å². The van der Waals surface area contributed by atoms with E-state index in [1.165, 1.54) is 0 Å². The third kappa shape index (κ3) is 6.33. The van der Waals surface area contributed by atoms with Crippen molar-refractivity contribution in [1.82, 2.24) is 10.2 Å². The SMILES string of the molecule is CCNC(=NCCCOC)N1CCC(C(=O)OCC)CC1. The Hall–Kier alpha value is -1.30. The fourth-order valence-corrected chi connectivity index (χ4v) is 2.41. The van der Waals surface area contributed by atoms with Gasteiger partial charge < -0.3 is 19.7 Å². The number of carbonyl (C=O) groups excluding carboxylic acids is 1. The molecule has 0 aromatic heterocycles. The lowest BCUT2D eigenvalue weighted by Gasteiger charge is -2.33. The van der Waals surface area contributed by atoms with E-state index in [1.54, 1.807) is 7.11 Å². The summed E-state index contributed by atoms with van der Waals surface area (Å²) in [6.45, 7) is 8.41. The minimum Gasteiger partial charge on any atom is -0.466 e. The predicted octanol–water partition coefficient (Wildman–Crippen LogP) is 1.26. The maximum atomic E-state index is 11.7. The molecule has 1 fully saturated rings. The number of carbonyl (C=O) groups is 1. The quantitative estimate of drug-likeness (QED) is 0.332. The monoisotopic (exact) mass is 299 g/mol. The van der Waals surface area contributed by atoms with Gasteiger partial charge in [-0.1, -0.05) is 0 Å². The average molecular weight is 299 g/mol. The standard InChI is InChI=1S/C15H29N3O3/c1-4-16-15(17-9-6-12-20-3)18-10-7-13(8-11-18)14(19)21-5-2/h13H,4-12H2,1-3H3,(H,16,17). The van der Waals surface area contributed by atoms with Crippen LogP contribution in [0.3, 0.4) is 0 Å². The highest BCUT2D eigenvalue weighted by molar-refractivity contribution is 5.80. The molecule has 6 nitrogen and oxygen atoms in total. The van der Waals surface area contributed by atoms with Gasteiger partial charge in [-0.3, -0.25) is 9.79 Å². The fraction of sp³-hybridized carbons (Fsp3) is 0.867. The maximum Gasteiger partial charge on any atom is 0.309 e. The van der Waals surface area contributed by atoms with E-state index < -0.39 is 0 Å². The number of guanidine groups is 1. The van der Waals surface area contributed by atoms with Crippen LogP contribution in [-0.2, 0) is 14.3 Å². The molecule has 0 spiro atoms. The van der Waals surface area contributed by atoms with Crippen LogP contribution in [0.4, 0.5) is 0 Å². The maximum absolute atomic E-state index is 11.7. The normalized spacial score (nSPS) is 16.9. The number of piperidine rings is 1. The Morgan fingerprint density at radius 2 is 2.05 bits per heavy atom. The average Bonchev–Trinajstić information content (AvgIpc) is 2.51. The fourth-order valence-electron chi connectivity index (χ4n) is 2.41. The first-order valence-corrected chi connectivity index (χ1v) is 7.91. The zero-order valence-electron chi connectivity index (χ0n) is 13.6. The van der Waals surface area contributed by atoms with Crippen LogP contribution >= 0.6 is 0 Å². The van der Waals surface area contributed by atoms with Crippen molar-refractivity contribution >= 4 is 11.9 Å². The molecule has 0 bridgehead atoms. The first kappa shape index (κ1) is 17.8. The molecule has 1 aliphatic rings. The van der Waals surface area contributed by atoms with Crippen molar-refractivity contribution in [3.63, 3.8) is 0 Å². The number of ether oxygens (including phenoxy) is 2. The topological polar surface area (TPSA) is 63.2 Å². The second kappa shape index (κ2) is 10.4. The number of rotatable bonds is 7. The molecule has 0 aliphatic carbocycles. The molecule has 0 radical (unpaired) electrons. The van der Waals surface area contributed by atoms with E-state index in [2.05, 4.69) is 22.1 Å². The Bertz CT molecular complexity index is 326. The molecular weight excluding hydrogens is 270 g/mol. The van der Waals surface area contributed by atoms with Crippen LogP contribution in [0.1, 0.15) is 33.1 Å². The van der Waals surface area contributed by atoms with Crippen molar-refractivity contribution < 1.29 is 14.3 Å². The molecule has 1 rings (SSSR count). The van der Waals surface area contributed by atoms with E-state index in [1.807, 2.05) is 6.92 Å². The molecule has 0 aromatic carbocycles. The minimum absolute atomic E-state index is 0.0394. The molecule has 0 saturated carbocycles. The van der Waals surface area contributed by atoms with Crippen LogP contribution in [0.25, 0.3) is 0 Å². The second-order valence-electron chi connectivity index (χ2n) is 5.10. The first-order chi connectivity index (χ1) is 10.2. The van der Waals surface area contributed by atoms with Crippen LogP contribution in [-0.4, -0.2) is 63.3 Å². The number of hydrogen-bond donors (Lipinski definition) is 1. The van der Waals surface area contributed by atoms with E-state index >= 15 is 0 Å². The van der Waals surface area contributed by atoms with Crippen molar-refractivity contribution in [2.45, 2.75) is 33.1 Å². The van der Waals surface area contributed by atoms with Crippen LogP contribution in [0, 0.1) is 5.92 Å². The molecule has 6 heteroatoms. The first-order valence-electron chi connectivity index (χ1n) is 7.91. The van der Waals surface area contributed by atoms with Crippen LogP contribution in [0.15, 0.2) is 4.99 Å². The van der Waals surface area contributed by atoms with Crippen molar-refractivity contribution in [3.8, 4) is 0 Å². The van der Waals surface area contributed by atoms with Gasteiger partial charge in [0, 0.05) is 39.9 Å². The Labute approximate surface area is 127 Å². The Balaban J connectivity index is 2.45. The van der Waals surface area contributed by atoms with Crippen LogP contribution in [0.5, 0.6) is 0 Å². The highest BCUT2D eigenvalue weighted by Crippen LogP contribution is 2.18.